The minimum atomic E-state index is 0. The van der Waals surface area contributed by atoms with E-state index in [9.17, 15) is 0 Å². The number of anilines is 1. The van der Waals surface area contributed by atoms with E-state index in [-0.39, 0.29) is 24.0 Å². The first-order valence-corrected chi connectivity index (χ1v) is 7.56. The number of halogens is 1. The number of para-hydroxylation sites is 1. The summed E-state index contributed by atoms with van der Waals surface area (Å²) in [5, 5.41) is 6.31. The molecule has 0 amide bonds. The lowest BCUT2D eigenvalue weighted by Gasteiger charge is -2.24. The second kappa shape index (κ2) is 9.57. The molecule has 120 valence electrons. The molecule has 1 atom stereocenters. The van der Waals surface area contributed by atoms with Crippen molar-refractivity contribution >= 4 is 35.6 Å². The Balaban J connectivity index is 0.00000242. The summed E-state index contributed by atoms with van der Waals surface area (Å²) in [6, 6.07) is 9.17. The van der Waals surface area contributed by atoms with Gasteiger partial charge in [0.1, 0.15) is 0 Å². The first kappa shape index (κ1) is 18.6. The fourth-order valence-corrected chi connectivity index (χ4v) is 2.72. The summed E-state index contributed by atoms with van der Waals surface area (Å²) >= 11 is 0. The highest BCUT2D eigenvalue weighted by Crippen LogP contribution is 2.31. The van der Waals surface area contributed by atoms with Gasteiger partial charge in [-0.05, 0) is 31.9 Å². The average Bonchev–Trinajstić information content (AvgIpc) is 2.81. The highest BCUT2D eigenvalue weighted by atomic mass is 127. The van der Waals surface area contributed by atoms with Crippen LogP contribution in [0.25, 0.3) is 0 Å². The number of hydrogen-bond donors (Lipinski definition) is 2. The molecular formula is C17H25IN4. The summed E-state index contributed by atoms with van der Waals surface area (Å²) in [6.07, 6.45) is 6.39. The molecule has 1 unspecified atom stereocenters. The zero-order chi connectivity index (χ0) is 15.1. The molecule has 1 aliphatic heterocycles. The van der Waals surface area contributed by atoms with Gasteiger partial charge < -0.3 is 15.5 Å². The number of terminal acetylenes is 1. The molecule has 1 aromatic rings. The zero-order valence-corrected chi connectivity index (χ0v) is 15.6. The van der Waals surface area contributed by atoms with E-state index >= 15 is 0 Å². The topological polar surface area (TPSA) is 39.7 Å². The van der Waals surface area contributed by atoms with Gasteiger partial charge in [-0.1, -0.05) is 24.1 Å². The summed E-state index contributed by atoms with van der Waals surface area (Å²) in [5.74, 6) is 3.35. The normalized spacial score (nSPS) is 16.5. The van der Waals surface area contributed by atoms with E-state index in [0.717, 1.165) is 32.0 Å². The Labute approximate surface area is 150 Å². The number of nitrogens with zero attached hydrogens (tertiary/aromatic N) is 2. The van der Waals surface area contributed by atoms with Crippen LogP contribution in [0, 0.1) is 12.3 Å². The van der Waals surface area contributed by atoms with Gasteiger partial charge in [0.2, 0.25) is 0 Å². The lowest BCUT2D eigenvalue weighted by molar-refractivity contribution is 0.672. The molecule has 0 aromatic heterocycles. The fourth-order valence-electron chi connectivity index (χ4n) is 2.72. The SMILES string of the molecule is C#CCNC(=NCCN1c2ccccc2CC1C)NCC.I. The molecule has 0 saturated heterocycles. The van der Waals surface area contributed by atoms with E-state index in [1.165, 1.54) is 11.3 Å². The molecule has 1 aliphatic rings. The summed E-state index contributed by atoms with van der Waals surface area (Å²) in [7, 11) is 0. The number of fused-ring (bicyclic) bond motifs is 1. The van der Waals surface area contributed by atoms with E-state index < -0.39 is 0 Å². The van der Waals surface area contributed by atoms with Crippen molar-refractivity contribution in [2.75, 3.05) is 31.1 Å². The molecule has 0 aliphatic carbocycles. The van der Waals surface area contributed by atoms with Crippen LogP contribution >= 0.6 is 24.0 Å². The largest absolute Gasteiger partial charge is 0.366 e. The highest BCUT2D eigenvalue weighted by Gasteiger charge is 2.24. The maximum atomic E-state index is 5.27. The quantitative estimate of drug-likeness (QED) is 0.337. The molecule has 5 heteroatoms. The molecule has 0 saturated carbocycles. The van der Waals surface area contributed by atoms with Crippen LogP contribution in [0.4, 0.5) is 5.69 Å². The fraction of sp³-hybridized carbons (Fsp3) is 0.471. The van der Waals surface area contributed by atoms with Gasteiger partial charge in [-0.3, -0.25) is 4.99 Å². The van der Waals surface area contributed by atoms with Crippen molar-refractivity contribution in [2.24, 2.45) is 4.99 Å². The van der Waals surface area contributed by atoms with Crippen molar-refractivity contribution in [3.63, 3.8) is 0 Å². The van der Waals surface area contributed by atoms with Gasteiger partial charge in [-0.2, -0.15) is 0 Å². The molecular weight excluding hydrogens is 387 g/mol. The van der Waals surface area contributed by atoms with Crippen LogP contribution in [0.1, 0.15) is 19.4 Å². The molecule has 1 aromatic carbocycles. The van der Waals surface area contributed by atoms with Crippen molar-refractivity contribution in [2.45, 2.75) is 26.3 Å². The number of benzene rings is 1. The Kier molecular flexibility index (Phi) is 8.10. The van der Waals surface area contributed by atoms with Crippen LogP contribution in [0.5, 0.6) is 0 Å². The molecule has 0 fully saturated rings. The molecule has 2 rings (SSSR count). The van der Waals surface area contributed by atoms with Crippen LogP contribution < -0.4 is 15.5 Å². The van der Waals surface area contributed by atoms with Crippen LogP contribution in [0.15, 0.2) is 29.3 Å². The van der Waals surface area contributed by atoms with Crippen molar-refractivity contribution < 1.29 is 0 Å². The van der Waals surface area contributed by atoms with Crippen molar-refractivity contribution in [1.29, 1.82) is 0 Å². The minimum Gasteiger partial charge on any atom is -0.366 e. The summed E-state index contributed by atoms with van der Waals surface area (Å²) in [4.78, 5) is 7.01. The molecule has 0 radical (unpaired) electrons. The van der Waals surface area contributed by atoms with E-state index in [1.54, 1.807) is 0 Å². The second-order valence-corrected chi connectivity index (χ2v) is 5.19. The van der Waals surface area contributed by atoms with Gasteiger partial charge in [-0.25, -0.2) is 0 Å². The predicted octanol–water partition coefficient (Wildman–Crippen LogP) is 2.24. The predicted molar refractivity (Wildman–Crippen MR) is 105 cm³/mol. The first-order chi connectivity index (χ1) is 10.3. The average molecular weight is 412 g/mol. The van der Waals surface area contributed by atoms with Crippen molar-refractivity contribution in [3.8, 4) is 12.3 Å². The molecule has 0 spiro atoms. The monoisotopic (exact) mass is 412 g/mol. The van der Waals surface area contributed by atoms with E-state index in [1.807, 2.05) is 6.92 Å². The van der Waals surface area contributed by atoms with Crippen LogP contribution in [-0.2, 0) is 6.42 Å². The van der Waals surface area contributed by atoms with Gasteiger partial charge >= 0.3 is 0 Å². The van der Waals surface area contributed by atoms with Gasteiger partial charge in [-0.15, -0.1) is 30.4 Å². The van der Waals surface area contributed by atoms with Crippen LogP contribution in [0.3, 0.4) is 0 Å². The molecule has 0 bridgehead atoms. The molecule has 22 heavy (non-hydrogen) atoms. The summed E-state index contributed by atoms with van der Waals surface area (Å²) < 4.78 is 0. The highest BCUT2D eigenvalue weighted by molar-refractivity contribution is 14.0. The third kappa shape index (κ3) is 4.80. The van der Waals surface area contributed by atoms with Gasteiger partial charge in [0.05, 0.1) is 13.1 Å². The third-order valence-electron chi connectivity index (χ3n) is 3.66. The standard InChI is InChI=1S/C17H24N4.HI/c1-4-10-19-17(18-5-2)20-11-12-21-14(3)13-15-8-6-7-9-16(15)21;/h1,6-9,14H,5,10-13H2,2-3H3,(H2,18,19,20);1H. The maximum Gasteiger partial charge on any atom is 0.192 e. The Morgan fingerprint density at radius 2 is 2.18 bits per heavy atom. The third-order valence-corrected chi connectivity index (χ3v) is 3.66. The Morgan fingerprint density at radius 1 is 1.41 bits per heavy atom. The Hall–Kier alpha value is -1.42. The zero-order valence-electron chi connectivity index (χ0n) is 13.3. The van der Waals surface area contributed by atoms with Crippen molar-refractivity contribution in [3.05, 3.63) is 29.8 Å². The van der Waals surface area contributed by atoms with Gasteiger partial charge in [0.25, 0.3) is 0 Å². The number of aliphatic imine (C=N–C) groups is 1. The Morgan fingerprint density at radius 3 is 2.91 bits per heavy atom. The molecule has 4 nitrogen and oxygen atoms in total. The molecule has 2 N–H and O–H groups in total. The van der Waals surface area contributed by atoms with Crippen LogP contribution in [-0.4, -0.2) is 38.2 Å². The minimum absolute atomic E-state index is 0. The van der Waals surface area contributed by atoms with E-state index in [2.05, 4.69) is 57.6 Å². The molecule has 1 heterocycles. The summed E-state index contributed by atoms with van der Waals surface area (Å²) in [6.45, 7) is 7.31. The van der Waals surface area contributed by atoms with E-state index in [0.29, 0.717) is 12.6 Å². The number of nitrogens with one attached hydrogen (secondary N) is 2. The lowest BCUT2D eigenvalue weighted by atomic mass is 10.1. The smallest absolute Gasteiger partial charge is 0.192 e. The van der Waals surface area contributed by atoms with E-state index in [4.69, 9.17) is 6.42 Å². The van der Waals surface area contributed by atoms with Gasteiger partial charge in [0, 0.05) is 24.8 Å². The number of hydrogen-bond acceptors (Lipinski definition) is 2. The maximum absolute atomic E-state index is 5.27. The van der Waals surface area contributed by atoms with Gasteiger partial charge in [0.15, 0.2) is 5.96 Å². The second-order valence-electron chi connectivity index (χ2n) is 5.19. The van der Waals surface area contributed by atoms with Crippen LogP contribution in [0.2, 0.25) is 0 Å². The summed E-state index contributed by atoms with van der Waals surface area (Å²) in [5.41, 5.74) is 2.79. The lowest BCUT2D eigenvalue weighted by Crippen LogP contribution is -2.38. The Bertz CT molecular complexity index is 536. The number of guanidine groups is 1. The first-order valence-electron chi connectivity index (χ1n) is 7.56. The number of rotatable bonds is 5. The van der Waals surface area contributed by atoms with Crippen molar-refractivity contribution in [1.82, 2.24) is 10.6 Å².